The van der Waals surface area contributed by atoms with E-state index in [1.54, 1.807) is 11.8 Å². The predicted octanol–water partition coefficient (Wildman–Crippen LogP) is 1.30. The fourth-order valence-corrected chi connectivity index (χ4v) is 4.64. The smallest absolute Gasteiger partial charge is 0.254 e. The Kier molecular flexibility index (Phi) is 4.61. The van der Waals surface area contributed by atoms with E-state index in [0.29, 0.717) is 31.8 Å². The van der Waals surface area contributed by atoms with Gasteiger partial charge in [-0.15, -0.1) is 0 Å². The van der Waals surface area contributed by atoms with Gasteiger partial charge in [0.25, 0.3) is 5.91 Å². The lowest BCUT2D eigenvalue weighted by molar-refractivity contribution is -0.135. The molecule has 8 nitrogen and oxygen atoms in total. The van der Waals surface area contributed by atoms with Crippen LogP contribution >= 0.6 is 0 Å². The molecular weight excluding hydrogens is 358 g/mol. The molecule has 2 aliphatic heterocycles. The Labute approximate surface area is 164 Å². The average molecular weight is 385 g/mol. The number of aromatic nitrogens is 3. The van der Waals surface area contributed by atoms with Gasteiger partial charge in [0.15, 0.2) is 5.65 Å². The monoisotopic (exact) mass is 385 g/mol. The van der Waals surface area contributed by atoms with Gasteiger partial charge in [0.2, 0.25) is 5.91 Å². The van der Waals surface area contributed by atoms with Gasteiger partial charge in [-0.2, -0.15) is 5.10 Å². The molecule has 0 radical (unpaired) electrons. The van der Waals surface area contributed by atoms with E-state index >= 15 is 0 Å². The molecule has 0 aliphatic carbocycles. The quantitative estimate of drug-likeness (QED) is 0.792. The number of likely N-dealkylation sites (tertiary alicyclic amines) is 2. The molecule has 2 amide bonds. The summed E-state index contributed by atoms with van der Waals surface area (Å²) in [5.74, 6) is 0.125. The number of hydrogen-bond donors (Lipinski definition) is 0. The third-order valence-corrected chi connectivity index (χ3v) is 6.13. The molecule has 0 bridgehead atoms. The van der Waals surface area contributed by atoms with Crippen LogP contribution in [-0.2, 0) is 16.6 Å². The van der Waals surface area contributed by atoms with E-state index in [0.717, 1.165) is 41.8 Å². The van der Waals surface area contributed by atoms with Gasteiger partial charge < -0.3 is 14.5 Å². The van der Waals surface area contributed by atoms with Crippen LogP contribution < -0.4 is 0 Å². The number of nitrogens with zero attached hydrogens (tertiary/aromatic N) is 5. The van der Waals surface area contributed by atoms with Crippen molar-refractivity contribution in [1.29, 1.82) is 0 Å². The van der Waals surface area contributed by atoms with Gasteiger partial charge in [-0.05, 0) is 32.8 Å². The molecule has 0 N–H and O–H groups in total. The molecule has 2 fully saturated rings. The van der Waals surface area contributed by atoms with Crippen LogP contribution in [0.15, 0.2) is 6.07 Å². The van der Waals surface area contributed by atoms with Crippen LogP contribution in [-0.4, -0.2) is 76.3 Å². The maximum absolute atomic E-state index is 13.4. The van der Waals surface area contributed by atoms with Crippen molar-refractivity contribution >= 4 is 22.8 Å². The van der Waals surface area contributed by atoms with Crippen LogP contribution in [0.4, 0.5) is 0 Å². The fraction of sp³-hybridized carbons (Fsp3) is 0.600. The zero-order chi connectivity index (χ0) is 20.1. The van der Waals surface area contributed by atoms with Crippen molar-refractivity contribution in [3.8, 4) is 0 Å². The highest BCUT2D eigenvalue weighted by atomic mass is 16.5. The number of pyridine rings is 1. The number of fused-ring (bicyclic) bond motifs is 1. The molecule has 1 unspecified atom stereocenters. The van der Waals surface area contributed by atoms with Gasteiger partial charge in [0.05, 0.1) is 28.7 Å². The molecule has 4 heterocycles. The molecule has 2 aliphatic rings. The van der Waals surface area contributed by atoms with E-state index in [1.165, 1.54) is 0 Å². The minimum absolute atomic E-state index is 0.0355. The predicted molar refractivity (Wildman–Crippen MR) is 104 cm³/mol. The Balaban J connectivity index is 1.60. The molecule has 1 atom stereocenters. The van der Waals surface area contributed by atoms with E-state index in [4.69, 9.17) is 4.74 Å². The van der Waals surface area contributed by atoms with Crippen LogP contribution in [0.25, 0.3) is 11.0 Å². The standard InChI is InChI=1S/C20H27N5O3/c1-13-11-15(16-14(2)22-23(3)17(16)21-13)18(26)25-8-6-20(12-25)5-7-24(19(20)27)9-10-28-4/h11H,5-10,12H2,1-4H3. The molecule has 2 aromatic heterocycles. The Morgan fingerprint density at radius 1 is 1.29 bits per heavy atom. The number of amides is 2. The normalized spacial score (nSPS) is 22.2. The molecular formula is C20H27N5O3. The van der Waals surface area contributed by atoms with E-state index in [1.807, 2.05) is 36.8 Å². The lowest BCUT2D eigenvalue weighted by Crippen LogP contribution is -2.39. The van der Waals surface area contributed by atoms with Crippen molar-refractivity contribution in [2.45, 2.75) is 26.7 Å². The van der Waals surface area contributed by atoms with Crippen molar-refractivity contribution in [2.24, 2.45) is 12.5 Å². The summed E-state index contributed by atoms with van der Waals surface area (Å²) in [6.45, 7) is 6.77. The summed E-state index contributed by atoms with van der Waals surface area (Å²) in [5.41, 5.74) is 2.50. The lowest BCUT2D eigenvalue weighted by Gasteiger charge is -2.24. The fourth-order valence-electron chi connectivity index (χ4n) is 4.64. The van der Waals surface area contributed by atoms with E-state index < -0.39 is 5.41 Å². The molecule has 2 saturated heterocycles. The van der Waals surface area contributed by atoms with Gasteiger partial charge in [0, 0.05) is 46.0 Å². The van der Waals surface area contributed by atoms with Crippen LogP contribution in [0.5, 0.6) is 0 Å². The third kappa shape index (κ3) is 2.87. The van der Waals surface area contributed by atoms with Gasteiger partial charge in [-0.25, -0.2) is 4.98 Å². The first-order valence-electron chi connectivity index (χ1n) is 9.75. The van der Waals surface area contributed by atoms with Gasteiger partial charge in [-0.1, -0.05) is 0 Å². The summed E-state index contributed by atoms with van der Waals surface area (Å²) in [4.78, 5) is 34.6. The number of methoxy groups -OCH3 is 1. The molecule has 150 valence electrons. The minimum atomic E-state index is -0.436. The zero-order valence-electron chi connectivity index (χ0n) is 17.0. The first-order chi connectivity index (χ1) is 13.4. The Morgan fingerprint density at radius 2 is 2.04 bits per heavy atom. The van der Waals surface area contributed by atoms with Crippen molar-refractivity contribution in [3.05, 3.63) is 23.0 Å². The number of hydrogen-bond acceptors (Lipinski definition) is 5. The Morgan fingerprint density at radius 3 is 2.79 bits per heavy atom. The Bertz CT molecular complexity index is 953. The summed E-state index contributed by atoms with van der Waals surface area (Å²) in [7, 11) is 3.48. The number of carbonyl (C=O) groups excluding carboxylic acids is 2. The highest BCUT2D eigenvalue weighted by Crippen LogP contribution is 2.41. The first kappa shape index (κ1) is 18.9. The van der Waals surface area contributed by atoms with Gasteiger partial charge in [0.1, 0.15) is 0 Å². The van der Waals surface area contributed by atoms with Gasteiger partial charge in [-0.3, -0.25) is 14.3 Å². The number of ether oxygens (including phenoxy) is 1. The second-order valence-corrected chi connectivity index (χ2v) is 8.01. The van der Waals surface area contributed by atoms with E-state index in [-0.39, 0.29) is 11.8 Å². The van der Waals surface area contributed by atoms with Crippen molar-refractivity contribution < 1.29 is 14.3 Å². The summed E-state index contributed by atoms with van der Waals surface area (Å²) < 4.78 is 6.83. The van der Waals surface area contributed by atoms with Crippen LogP contribution in [0.2, 0.25) is 0 Å². The largest absolute Gasteiger partial charge is 0.383 e. The minimum Gasteiger partial charge on any atom is -0.383 e. The molecule has 1 spiro atoms. The first-order valence-corrected chi connectivity index (χ1v) is 9.75. The average Bonchev–Trinajstić information content (AvgIpc) is 3.31. The SMILES string of the molecule is COCCN1CCC2(CCN(C(=O)c3cc(C)nc4c3c(C)nn4C)C2)C1=O. The molecule has 8 heteroatoms. The van der Waals surface area contributed by atoms with Crippen molar-refractivity contribution in [3.63, 3.8) is 0 Å². The van der Waals surface area contributed by atoms with Crippen LogP contribution in [0, 0.1) is 19.3 Å². The zero-order valence-corrected chi connectivity index (χ0v) is 17.0. The second kappa shape index (κ2) is 6.84. The summed E-state index contributed by atoms with van der Waals surface area (Å²) >= 11 is 0. The topological polar surface area (TPSA) is 80.6 Å². The second-order valence-electron chi connectivity index (χ2n) is 8.01. The number of carbonyl (C=O) groups is 2. The van der Waals surface area contributed by atoms with Gasteiger partial charge >= 0.3 is 0 Å². The molecule has 0 aromatic carbocycles. The highest BCUT2D eigenvalue weighted by molar-refractivity contribution is 6.07. The number of aryl methyl sites for hydroxylation is 3. The summed E-state index contributed by atoms with van der Waals surface area (Å²) in [6.07, 6.45) is 1.52. The maximum atomic E-state index is 13.4. The van der Waals surface area contributed by atoms with E-state index in [9.17, 15) is 9.59 Å². The maximum Gasteiger partial charge on any atom is 0.254 e. The number of rotatable bonds is 4. The van der Waals surface area contributed by atoms with Crippen LogP contribution in [0.1, 0.15) is 34.6 Å². The molecule has 28 heavy (non-hydrogen) atoms. The van der Waals surface area contributed by atoms with Crippen molar-refractivity contribution in [2.75, 3.05) is 39.9 Å². The lowest BCUT2D eigenvalue weighted by atomic mass is 9.85. The summed E-state index contributed by atoms with van der Waals surface area (Å²) in [5, 5.41) is 5.24. The Hall–Kier alpha value is -2.48. The van der Waals surface area contributed by atoms with Crippen LogP contribution in [0.3, 0.4) is 0 Å². The molecule has 2 aromatic rings. The molecule has 0 saturated carbocycles. The molecule has 4 rings (SSSR count). The highest BCUT2D eigenvalue weighted by Gasteiger charge is 2.51. The summed E-state index contributed by atoms with van der Waals surface area (Å²) in [6, 6.07) is 1.84. The van der Waals surface area contributed by atoms with Crippen molar-refractivity contribution in [1.82, 2.24) is 24.6 Å². The third-order valence-electron chi connectivity index (χ3n) is 6.13. The van der Waals surface area contributed by atoms with E-state index in [2.05, 4.69) is 10.1 Å².